The van der Waals surface area contributed by atoms with Gasteiger partial charge in [0, 0.05) is 50.6 Å². The van der Waals surface area contributed by atoms with Crippen molar-refractivity contribution in [3.05, 3.63) is 23.8 Å². The Morgan fingerprint density at radius 3 is 2.54 bits per heavy atom. The van der Waals surface area contributed by atoms with E-state index in [1.54, 1.807) is 6.07 Å². The van der Waals surface area contributed by atoms with Crippen molar-refractivity contribution in [2.24, 2.45) is 5.41 Å². The van der Waals surface area contributed by atoms with Crippen LogP contribution in [0.2, 0.25) is 0 Å². The van der Waals surface area contributed by atoms with Gasteiger partial charge in [-0.3, -0.25) is 9.59 Å². The van der Waals surface area contributed by atoms with Gasteiger partial charge in [0.15, 0.2) is 0 Å². The van der Waals surface area contributed by atoms with E-state index in [0.29, 0.717) is 37.4 Å². The van der Waals surface area contributed by atoms with Crippen LogP contribution in [0.25, 0.3) is 0 Å². The maximum atomic E-state index is 12.8. The normalized spacial score (nSPS) is 14.2. The van der Waals surface area contributed by atoms with Crippen LogP contribution in [0.5, 0.6) is 0 Å². The molecule has 0 aliphatic carbocycles. The summed E-state index contributed by atoms with van der Waals surface area (Å²) >= 11 is 0. The number of nitrogens with zero attached hydrogens (tertiary/aromatic N) is 1. The van der Waals surface area contributed by atoms with Crippen molar-refractivity contribution in [1.29, 1.82) is 0 Å². The summed E-state index contributed by atoms with van der Waals surface area (Å²) in [6, 6.07) is 5.64. The summed E-state index contributed by atoms with van der Waals surface area (Å²) in [5, 5.41) is 5.92. The smallest absolute Gasteiger partial charge is 0.253 e. The van der Waals surface area contributed by atoms with Gasteiger partial charge in [-0.1, -0.05) is 20.8 Å². The van der Waals surface area contributed by atoms with Crippen molar-refractivity contribution in [3.8, 4) is 0 Å². The number of amides is 2. The average Bonchev–Trinajstić information content (AvgIpc) is 3.14. The summed E-state index contributed by atoms with van der Waals surface area (Å²) in [6.45, 7) is 11.9. The van der Waals surface area contributed by atoms with Gasteiger partial charge < -0.3 is 20.3 Å². The zero-order valence-corrected chi connectivity index (χ0v) is 17.8. The van der Waals surface area contributed by atoms with Gasteiger partial charge in [0.25, 0.3) is 5.91 Å². The minimum atomic E-state index is -0.106. The van der Waals surface area contributed by atoms with E-state index in [4.69, 9.17) is 4.74 Å². The Hall–Kier alpha value is -2.08. The fourth-order valence-corrected chi connectivity index (χ4v) is 3.33. The van der Waals surface area contributed by atoms with Crippen LogP contribution in [0.15, 0.2) is 18.2 Å². The van der Waals surface area contributed by atoms with E-state index in [-0.39, 0.29) is 17.2 Å². The number of rotatable bonds is 9. The lowest BCUT2D eigenvalue weighted by atomic mass is 9.92. The van der Waals surface area contributed by atoms with E-state index in [2.05, 4.69) is 15.5 Å². The first-order valence-corrected chi connectivity index (χ1v) is 10.3. The molecule has 1 fully saturated rings. The summed E-state index contributed by atoms with van der Waals surface area (Å²) in [4.78, 5) is 27.4. The highest BCUT2D eigenvalue weighted by Crippen LogP contribution is 2.28. The summed E-state index contributed by atoms with van der Waals surface area (Å²) in [7, 11) is 0. The molecule has 2 rings (SSSR count). The molecule has 0 radical (unpaired) electrons. The first-order chi connectivity index (χ1) is 13.3. The second kappa shape index (κ2) is 10.5. The molecule has 6 nitrogen and oxygen atoms in total. The Morgan fingerprint density at radius 2 is 1.89 bits per heavy atom. The number of nitrogens with one attached hydrogen (secondary N) is 2. The first-order valence-electron chi connectivity index (χ1n) is 10.3. The zero-order valence-electron chi connectivity index (χ0n) is 17.8. The number of ether oxygens (including phenoxy) is 1. The number of anilines is 2. The van der Waals surface area contributed by atoms with Crippen LogP contribution >= 0.6 is 0 Å². The van der Waals surface area contributed by atoms with Gasteiger partial charge in [-0.25, -0.2) is 0 Å². The van der Waals surface area contributed by atoms with Crippen LogP contribution in [0.4, 0.5) is 11.4 Å². The van der Waals surface area contributed by atoms with E-state index >= 15 is 0 Å². The molecule has 1 aromatic rings. The van der Waals surface area contributed by atoms with Crippen molar-refractivity contribution in [1.82, 2.24) is 5.32 Å². The highest BCUT2D eigenvalue weighted by atomic mass is 16.5. The maximum absolute atomic E-state index is 12.8. The Bertz CT molecular complexity index is 661. The summed E-state index contributed by atoms with van der Waals surface area (Å²) < 4.78 is 5.32. The number of carbonyl (C=O) groups is 2. The van der Waals surface area contributed by atoms with Gasteiger partial charge in [-0.2, -0.15) is 0 Å². The third kappa shape index (κ3) is 7.15. The molecular weight excluding hydrogens is 354 g/mol. The monoisotopic (exact) mass is 389 g/mol. The molecule has 1 aliphatic rings. The molecule has 0 bridgehead atoms. The van der Waals surface area contributed by atoms with E-state index in [9.17, 15) is 9.59 Å². The molecule has 0 aromatic heterocycles. The second-order valence-electron chi connectivity index (χ2n) is 8.52. The lowest BCUT2D eigenvalue weighted by Gasteiger charge is -2.22. The fourth-order valence-electron chi connectivity index (χ4n) is 3.33. The van der Waals surface area contributed by atoms with Crippen LogP contribution in [-0.2, 0) is 9.53 Å². The molecule has 2 amide bonds. The molecule has 28 heavy (non-hydrogen) atoms. The predicted octanol–water partition coefficient (Wildman–Crippen LogP) is 3.82. The number of carbonyl (C=O) groups excluding carboxylic acids is 2. The van der Waals surface area contributed by atoms with Crippen molar-refractivity contribution >= 4 is 23.2 Å². The van der Waals surface area contributed by atoms with Crippen molar-refractivity contribution in [3.63, 3.8) is 0 Å². The topological polar surface area (TPSA) is 70.7 Å². The molecule has 0 unspecified atom stereocenters. The van der Waals surface area contributed by atoms with Crippen molar-refractivity contribution in [2.45, 2.75) is 53.4 Å². The van der Waals surface area contributed by atoms with E-state index in [0.717, 1.165) is 38.0 Å². The zero-order chi connectivity index (χ0) is 20.6. The Labute approximate surface area is 169 Å². The Morgan fingerprint density at radius 1 is 1.18 bits per heavy atom. The molecule has 2 N–H and O–H groups in total. The SMILES string of the molecule is CCOCCCNC(=O)c1cc(NC(=O)CC(C)(C)C)ccc1N1CCCC1. The van der Waals surface area contributed by atoms with E-state index in [1.165, 1.54) is 0 Å². The second-order valence-corrected chi connectivity index (χ2v) is 8.52. The van der Waals surface area contributed by atoms with E-state index < -0.39 is 0 Å². The van der Waals surface area contributed by atoms with Gasteiger partial charge in [-0.05, 0) is 49.8 Å². The molecule has 0 saturated carbocycles. The fraction of sp³-hybridized carbons (Fsp3) is 0.636. The molecular formula is C22H35N3O3. The Balaban J connectivity index is 2.11. The summed E-state index contributed by atoms with van der Waals surface area (Å²) in [5.74, 6) is -0.144. The molecule has 1 aliphatic heterocycles. The predicted molar refractivity (Wildman–Crippen MR) is 114 cm³/mol. The standard InChI is InChI=1S/C22H35N3O3/c1-5-28-14-8-11-23-21(27)18-15-17(24-20(26)16-22(2,3)4)9-10-19(18)25-12-6-7-13-25/h9-10,15H,5-8,11-14,16H2,1-4H3,(H,23,27)(H,24,26). The van der Waals surface area contributed by atoms with Crippen molar-refractivity contribution < 1.29 is 14.3 Å². The van der Waals surface area contributed by atoms with Gasteiger partial charge in [0.1, 0.15) is 0 Å². The number of hydrogen-bond acceptors (Lipinski definition) is 4. The largest absolute Gasteiger partial charge is 0.382 e. The van der Waals surface area contributed by atoms with Gasteiger partial charge >= 0.3 is 0 Å². The molecule has 1 heterocycles. The van der Waals surface area contributed by atoms with Gasteiger partial charge in [0.05, 0.1) is 5.56 Å². The van der Waals surface area contributed by atoms with E-state index in [1.807, 2.05) is 39.8 Å². The van der Waals surface area contributed by atoms with Crippen LogP contribution in [0, 0.1) is 5.41 Å². The maximum Gasteiger partial charge on any atom is 0.253 e. The third-order valence-electron chi connectivity index (χ3n) is 4.62. The van der Waals surface area contributed by atoms with Crippen LogP contribution in [-0.4, -0.2) is 44.7 Å². The lowest BCUT2D eigenvalue weighted by Crippen LogP contribution is -2.29. The third-order valence-corrected chi connectivity index (χ3v) is 4.62. The number of hydrogen-bond donors (Lipinski definition) is 2. The lowest BCUT2D eigenvalue weighted by molar-refractivity contribution is -0.117. The Kier molecular flexibility index (Phi) is 8.30. The minimum Gasteiger partial charge on any atom is -0.382 e. The molecule has 0 spiro atoms. The highest BCUT2D eigenvalue weighted by molar-refractivity contribution is 6.02. The summed E-state index contributed by atoms with van der Waals surface area (Å²) in [5.41, 5.74) is 2.14. The molecule has 156 valence electrons. The molecule has 1 saturated heterocycles. The number of benzene rings is 1. The van der Waals surface area contributed by atoms with Crippen molar-refractivity contribution in [2.75, 3.05) is 43.1 Å². The summed E-state index contributed by atoms with van der Waals surface area (Å²) in [6.07, 6.45) is 3.49. The molecule has 6 heteroatoms. The average molecular weight is 390 g/mol. The van der Waals surface area contributed by atoms with Crippen LogP contribution in [0.1, 0.15) is 63.7 Å². The molecule has 1 aromatic carbocycles. The van der Waals surface area contributed by atoms with Gasteiger partial charge in [-0.15, -0.1) is 0 Å². The highest BCUT2D eigenvalue weighted by Gasteiger charge is 2.21. The first kappa shape index (κ1) is 22.2. The quantitative estimate of drug-likeness (QED) is 0.630. The van der Waals surface area contributed by atoms with Crippen LogP contribution < -0.4 is 15.5 Å². The molecule has 0 atom stereocenters. The van der Waals surface area contributed by atoms with Crippen LogP contribution in [0.3, 0.4) is 0 Å². The van der Waals surface area contributed by atoms with Gasteiger partial charge in [0.2, 0.25) is 5.91 Å². The minimum absolute atomic E-state index is 0.0375.